The molecule has 0 spiro atoms. The summed E-state index contributed by atoms with van der Waals surface area (Å²) < 4.78 is 0. The molecule has 2 rings (SSSR count). The zero-order valence-corrected chi connectivity index (χ0v) is 10.9. The van der Waals surface area contributed by atoms with Gasteiger partial charge in [0.15, 0.2) is 0 Å². The van der Waals surface area contributed by atoms with Crippen LogP contribution < -0.4 is 10.6 Å². The quantitative estimate of drug-likeness (QED) is 0.805. The van der Waals surface area contributed by atoms with Gasteiger partial charge in [0.05, 0.1) is 6.42 Å². The Bertz CT molecular complexity index is 513. The van der Waals surface area contributed by atoms with Crippen molar-refractivity contribution in [2.45, 2.75) is 25.3 Å². The first-order valence-corrected chi connectivity index (χ1v) is 6.30. The van der Waals surface area contributed by atoms with Crippen molar-refractivity contribution < 1.29 is 14.4 Å². The summed E-state index contributed by atoms with van der Waals surface area (Å²) in [6, 6.07) is 6.29. The van der Waals surface area contributed by atoms with Crippen LogP contribution in [-0.2, 0) is 20.8 Å². The van der Waals surface area contributed by atoms with Crippen molar-refractivity contribution in [3.05, 3.63) is 34.9 Å². The van der Waals surface area contributed by atoms with Crippen LogP contribution in [0.25, 0.3) is 0 Å². The molecule has 1 aliphatic rings. The van der Waals surface area contributed by atoms with Crippen LogP contribution in [0.4, 0.5) is 0 Å². The smallest absolute Gasteiger partial charge is 0.249 e. The third kappa shape index (κ3) is 3.79. The summed E-state index contributed by atoms with van der Waals surface area (Å²) in [5.41, 5.74) is 0.814. The Hall–Kier alpha value is -1.88. The molecule has 1 aromatic rings. The average Bonchev–Trinajstić information content (AvgIpc) is 2.36. The van der Waals surface area contributed by atoms with E-state index in [1.54, 1.807) is 24.3 Å². The van der Waals surface area contributed by atoms with Gasteiger partial charge in [-0.2, -0.15) is 0 Å². The average molecular weight is 281 g/mol. The van der Waals surface area contributed by atoms with Crippen molar-refractivity contribution in [3.8, 4) is 0 Å². The minimum absolute atomic E-state index is 0.175. The third-order valence-electron chi connectivity index (χ3n) is 2.85. The maximum atomic E-state index is 11.8. The van der Waals surface area contributed by atoms with Gasteiger partial charge in [0.2, 0.25) is 17.7 Å². The maximum absolute atomic E-state index is 11.8. The fraction of sp³-hybridized carbons (Fsp3) is 0.308. The van der Waals surface area contributed by atoms with Gasteiger partial charge < -0.3 is 5.32 Å². The van der Waals surface area contributed by atoms with Gasteiger partial charge in [-0.05, 0) is 24.1 Å². The van der Waals surface area contributed by atoms with Crippen molar-refractivity contribution in [2.75, 3.05) is 0 Å². The molecule has 0 aromatic heterocycles. The number of carbonyl (C=O) groups is 3. The number of imide groups is 1. The molecule has 2 N–H and O–H groups in total. The summed E-state index contributed by atoms with van der Waals surface area (Å²) in [7, 11) is 0. The van der Waals surface area contributed by atoms with Gasteiger partial charge in [0, 0.05) is 11.4 Å². The van der Waals surface area contributed by atoms with Crippen LogP contribution in [0.1, 0.15) is 18.4 Å². The monoisotopic (exact) mass is 280 g/mol. The zero-order chi connectivity index (χ0) is 13.8. The Labute approximate surface area is 115 Å². The fourth-order valence-corrected chi connectivity index (χ4v) is 1.99. The standard InChI is InChI=1S/C13H13ClN2O3/c14-9-3-1-8(2-4-9)7-12(18)15-10-5-6-11(17)16-13(10)19/h1-4,10H,5-7H2,(H,15,18)(H,16,17,19). The van der Waals surface area contributed by atoms with Crippen LogP contribution in [0.5, 0.6) is 0 Å². The highest BCUT2D eigenvalue weighted by atomic mass is 35.5. The summed E-state index contributed by atoms with van der Waals surface area (Å²) in [6.45, 7) is 0. The Balaban J connectivity index is 1.89. The third-order valence-corrected chi connectivity index (χ3v) is 3.10. The normalized spacial score (nSPS) is 18.9. The molecule has 0 aliphatic carbocycles. The van der Waals surface area contributed by atoms with Gasteiger partial charge in [0.1, 0.15) is 6.04 Å². The highest BCUT2D eigenvalue weighted by Crippen LogP contribution is 2.10. The molecule has 0 saturated carbocycles. The molecule has 0 bridgehead atoms. The molecule has 1 aromatic carbocycles. The number of hydrogen-bond acceptors (Lipinski definition) is 3. The number of carbonyl (C=O) groups excluding carboxylic acids is 3. The molecular weight excluding hydrogens is 268 g/mol. The van der Waals surface area contributed by atoms with Gasteiger partial charge in [-0.1, -0.05) is 23.7 Å². The first kappa shape index (κ1) is 13.5. The summed E-state index contributed by atoms with van der Waals surface area (Å²) in [5.74, 6) is -0.995. The van der Waals surface area contributed by atoms with E-state index >= 15 is 0 Å². The van der Waals surface area contributed by atoms with Crippen molar-refractivity contribution in [3.63, 3.8) is 0 Å². The number of benzene rings is 1. The Kier molecular flexibility index (Phi) is 4.16. The topological polar surface area (TPSA) is 75.3 Å². The molecule has 1 saturated heterocycles. The number of amides is 3. The van der Waals surface area contributed by atoms with Crippen molar-refractivity contribution in [1.82, 2.24) is 10.6 Å². The van der Waals surface area contributed by atoms with E-state index in [1.165, 1.54) is 0 Å². The number of rotatable bonds is 3. The highest BCUT2D eigenvalue weighted by molar-refractivity contribution is 6.30. The van der Waals surface area contributed by atoms with Crippen LogP contribution in [0.3, 0.4) is 0 Å². The summed E-state index contributed by atoms with van der Waals surface area (Å²) >= 11 is 5.75. The maximum Gasteiger partial charge on any atom is 0.249 e. The van der Waals surface area contributed by atoms with Crippen LogP contribution in [0.2, 0.25) is 5.02 Å². The van der Waals surface area contributed by atoms with E-state index in [9.17, 15) is 14.4 Å². The largest absolute Gasteiger partial charge is 0.344 e. The lowest BCUT2D eigenvalue weighted by molar-refractivity contribution is -0.137. The molecular formula is C13H13ClN2O3. The molecule has 1 unspecified atom stereocenters. The van der Waals surface area contributed by atoms with Crippen LogP contribution in [-0.4, -0.2) is 23.8 Å². The lowest BCUT2D eigenvalue weighted by Crippen LogP contribution is -2.52. The first-order chi connectivity index (χ1) is 9.04. The number of hydrogen-bond donors (Lipinski definition) is 2. The van der Waals surface area contributed by atoms with E-state index in [1.807, 2.05) is 0 Å². The molecule has 1 heterocycles. The Morgan fingerprint density at radius 3 is 2.63 bits per heavy atom. The molecule has 100 valence electrons. The van der Waals surface area contributed by atoms with Crippen LogP contribution in [0, 0.1) is 0 Å². The Morgan fingerprint density at radius 2 is 2.00 bits per heavy atom. The van der Waals surface area contributed by atoms with Crippen LogP contribution in [0.15, 0.2) is 24.3 Å². The van der Waals surface area contributed by atoms with E-state index < -0.39 is 11.9 Å². The summed E-state index contributed by atoms with van der Waals surface area (Å²) in [6.07, 6.45) is 0.767. The zero-order valence-electron chi connectivity index (χ0n) is 10.1. The van der Waals surface area contributed by atoms with Gasteiger partial charge in [-0.3, -0.25) is 19.7 Å². The second-order valence-electron chi connectivity index (χ2n) is 4.37. The molecule has 1 aliphatic heterocycles. The summed E-state index contributed by atoms with van der Waals surface area (Å²) in [5, 5.41) is 5.42. The van der Waals surface area contributed by atoms with E-state index in [0.29, 0.717) is 11.4 Å². The summed E-state index contributed by atoms with van der Waals surface area (Å²) in [4.78, 5) is 34.2. The second kappa shape index (κ2) is 5.84. The molecule has 1 atom stereocenters. The minimum Gasteiger partial charge on any atom is -0.344 e. The van der Waals surface area contributed by atoms with Gasteiger partial charge in [-0.25, -0.2) is 0 Å². The van der Waals surface area contributed by atoms with Crippen molar-refractivity contribution in [1.29, 1.82) is 0 Å². The van der Waals surface area contributed by atoms with Crippen LogP contribution >= 0.6 is 11.6 Å². The minimum atomic E-state index is -0.627. The molecule has 0 radical (unpaired) electrons. The van der Waals surface area contributed by atoms with Gasteiger partial charge in [0.25, 0.3) is 0 Å². The lowest BCUT2D eigenvalue weighted by Gasteiger charge is -2.21. The van der Waals surface area contributed by atoms with E-state index in [2.05, 4.69) is 10.6 Å². The molecule has 6 heteroatoms. The number of piperidine rings is 1. The number of nitrogens with one attached hydrogen (secondary N) is 2. The molecule has 19 heavy (non-hydrogen) atoms. The molecule has 5 nitrogen and oxygen atoms in total. The molecule has 1 fully saturated rings. The Morgan fingerprint density at radius 1 is 1.32 bits per heavy atom. The van der Waals surface area contributed by atoms with Gasteiger partial charge >= 0.3 is 0 Å². The number of halogens is 1. The van der Waals surface area contributed by atoms with E-state index in [-0.39, 0.29) is 24.7 Å². The second-order valence-corrected chi connectivity index (χ2v) is 4.81. The van der Waals surface area contributed by atoms with Crippen molar-refractivity contribution in [2.24, 2.45) is 0 Å². The van der Waals surface area contributed by atoms with E-state index in [0.717, 1.165) is 5.56 Å². The lowest BCUT2D eigenvalue weighted by atomic mass is 10.1. The predicted molar refractivity (Wildman–Crippen MR) is 69.5 cm³/mol. The van der Waals surface area contributed by atoms with E-state index in [4.69, 9.17) is 11.6 Å². The van der Waals surface area contributed by atoms with Gasteiger partial charge in [-0.15, -0.1) is 0 Å². The van der Waals surface area contributed by atoms with Crippen molar-refractivity contribution >= 4 is 29.3 Å². The SMILES string of the molecule is O=C1CCC(NC(=O)Cc2ccc(Cl)cc2)C(=O)N1. The molecule has 3 amide bonds. The highest BCUT2D eigenvalue weighted by Gasteiger charge is 2.27. The first-order valence-electron chi connectivity index (χ1n) is 5.92. The predicted octanol–water partition coefficient (Wildman–Crippen LogP) is 0.804. The fourth-order valence-electron chi connectivity index (χ4n) is 1.86.